The third-order valence-electron chi connectivity index (χ3n) is 7.45. The standard InChI is InChI=1S/C31H44O2/c1-5-6-7-8-9-10-11-25-13-15-26(16-14-25)27-17-19-28(20-18-27)31(32)33-30-22-24(4)12-21-29(30)23(2)3/h13-20,23-24,29-30H,5-12,21-22H2,1-4H3/t24-,29+,30-/m0/s1. The van der Waals surface area contributed by atoms with Gasteiger partial charge in [0.25, 0.3) is 0 Å². The largest absolute Gasteiger partial charge is 0.458 e. The van der Waals surface area contributed by atoms with Gasteiger partial charge in [0.1, 0.15) is 6.10 Å². The van der Waals surface area contributed by atoms with Crippen LogP contribution in [0.2, 0.25) is 0 Å². The minimum atomic E-state index is -0.180. The Balaban J connectivity index is 1.53. The first-order valence-corrected chi connectivity index (χ1v) is 13.4. The lowest BCUT2D eigenvalue weighted by Crippen LogP contribution is -2.35. The third-order valence-corrected chi connectivity index (χ3v) is 7.45. The first kappa shape index (κ1) is 25.5. The zero-order valence-electron chi connectivity index (χ0n) is 21.3. The van der Waals surface area contributed by atoms with Gasteiger partial charge in [-0.2, -0.15) is 0 Å². The van der Waals surface area contributed by atoms with Crippen LogP contribution in [-0.4, -0.2) is 12.1 Å². The summed E-state index contributed by atoms with van der Waals surface area (Å²) in [6, 6.07) is 16.8. The van der Waals surface area contributed by atoms with Crippen molar-refractivity contribution in [1.29, 1.82) is 0 Å². The van der Waals surface area contributed by atoms with Gasteiger partial charge < -0.3 is 4.74 Å². The second-order valence-corrected chi connectivity index (χ2v) is 10.6. The van der Waals surface area contributed by atoms with E-state index in [-0.39, 0.29) is 12.1 Å². The number of aryl methyl sites for hydroxylation is 1. The van der Waals surface area contributed by atoms with E-state index in [2.05, 4.69) is 52.0 Å². The minimum Gasteiger partial charge on any atom is -0.458 e. The number of carbonyl (C=O) groups excluding carboxylic acids is 1. The van der Waals surface area contributed by atoms with Crippen LogP contribution in [0.5, 0.6) is 0 Å². The van der Waals surface area contributed by atoms with Crippen LogP contribution in [0.3, 0.4) is 0 Å². The third kappa shape index (κ3) is 7.73. The molecular formula is C31H44O2. The highest BCUT2D eigenvalue weighted by Crippen LogP contribution is 2.35. The van der Waals surface area contributed by atoms with E-state index in [9.17, 15) is 4.79 Å². The Hall–Kier alpha value is -2.09. The molecule has 1 fully saturated rings. The quantitative estimate of drug-likeness (QED) is 0.253. The molecule has 1 aliphatic rings. The van der Waals surface area contributed by atoms with Gasteiger partial charge in [-0.3, -0.25) is 0 Å². The molecule has 2 nitrogen and oxygen atoms in total. The van der Waals surface area contributed by atoms with Gasteiger partial charge in [0.15, 0.2) is 0 Å². The van der Waals surface area contributed by atoms with Gasteiger partial charge in [0.05, 0.1) is 5.56 Å². The number of benzene rings is 2. The van der Waals surface area contributed by atoms with Crippen molar-refractivity contribution < 1.29 is 9.53 Å². The summed E-state index contributed by atoms with van der Waals surface area (Å²) in [6.07, 6.45) is 12.6. The van der Waals surface area contributed by atoms with E-state index in [4.69, 9.17) is 4.74 Å². The first-order valence-electron chi connectivity index (χ1n) is 13.4. The summed E-state index contributed by atoms with van der Waals surface area (Å²) in [5.41, 5.74) is 4.40. The molecule has 2 heteroatoms. The molecule has 0 heterocycles. The van der Waals surface area contributed by atoms with E-state index in [1.54, 1.807) is 0 Å². The summed E-state index contributed by atoms with van der Waals surface area (Å²) >= 11 is 0. The van der Waals surface area contributed by atoms with Crippen molar-refractivity contribution in [2.75, 3.05) is 0 Å². The molecule has 0 N–H and O–H groups in total. The predicted octanol–water partition coefficient (Wildman–Crippen LogP) is 8.87. The summed E-state index contributed by atoms with van der Waals surface area (Å²) in [4.78, 5) is 12.8. The van der Waals surface area contributed by atoms with Crippen molar-refractivity contribution in [1.82, 2.24) is 0 Å². The smallest absolute Gasteiger partial charge is 0.338 e. The van der Waals surface area contributed by atoms with E-state index in [0.717, 1.165) is 24.8 Å². The van der Waals surface area contributed by atoms with E-state index < -0.39 is 0 Å². The number of esters is 1. The number of rotatable bonds is 11. The number of unbranched alkanes of at least 4 members (excludes halogenated alkanes) is 5. The first-order chi connectivity index (χ1) is 16.0. The number of ether oxygens (including phenoxy) is 1. The van der Waals surface area contributed by atoms with E-state index >= 15 is 0 Å². The average molecular weight is 449 g/mol. The van der Waals surface area contributed by atoms with Crippen molar-refractivity contribution in [2.45, 2.75) is 98.0 Å². The lowest BCUT2D eigenvalue weighted by molar-refractivity contribution is -0.0174. The Morgan fingerprint density at radius 1 is 0.879 bits per heavy atom. The molecule has 0 saturated heterocycles. The number of hydrogen-bond acceptors (Lipinski definition) is 2. The zero-order valence-corrected chi connectivity index (χ0v) is 21.3. The van der Waals surface area contributed by atoms with Crippen LogP contribution in [0.4, 0.5) is 0 Å². The summed E-state index contributed by atoms with van der Waals surface area (Å²) < 4.78 is 6.01. The molecule has 0 bridgehead atoms. The van der Waals surface area contributed by atoms with Gasteiger partial charge >= 0.3 is 5.97 Å². The average Bonchev–Trinajstić information content (AvgIpc) is 2.81. The molecule has 2 aromatic carbocycles. The Bertz CT molecular complexity index is 834. The number of carbonyl (C=O) groups is 1. The minimum absolute atomic E-state index is 0.0418. The molecule has 2 aromatic rings. The van der Waals surface area contributed by atoms with Gasteiger partial charge in [-0.1, -0.05) is 103 Å². The van der Waals surface area contributed by atoms with E-state index in [1.807, 2.05) is 24.3 Å². The summed E-state index contributed by atoms with van der Waals surface area (Å²) in [5.74, 6) is 1.46. The van der Waals surface area contributed by atoms with Crippen LogP contribution < -0.4 is 0 Å². The van der Waals surface area contributed by atoms with Crippen LogP contribution in [0.25, 0.3) is 11.1 Å². The van der Waals surface area contributed by atoms with Gasteiger partial charge in [-0.15, -0.1) is 0 Å². The molecule has 0 spiro atoms. The lowest BCUT2D eigenvalue weighted by atomic mass is 9.75. The van der Waals surface area contributed by atoms with Gasteiger partial charge in [-0.25, -0.2) is 4.79 Å². The molecule has 3 rings (SSSR count). The highest BCUT2D eigenvalue weighted by atomic mass is 16.5. The monoisotopic (exact) mass is 448 g/mol. The normalized spacial score (nSPS) is 20.7. The van der Waals surface area contributed by atoms with E-state index in [0.29, 0.717) is 23.3 Å². The van der Waals surface area contributed by atoms with Crippen LogP contribution in [-0.2, 0) is 11.2 Å². The highest BCUT2D eigenvalue weighted by molar-refractivity contribution is 5.90. The lowest BCUT2D eigenvalue weighted by Gasteiger charge is -2.36. The van der Waals surface area contributed by atoms with Gasteiger partial charge in [0.2, 0.25) is 0 Å². The van der Waals surface area contributed by atoms with Gasteiger partial charge in [0, 0.05) is 0 Å². The van der Waals surface area contributed by atoms with Crippen LogP contribution in [0, 0.1) is 17.8 Å². The highest BCUT2D eigenvalue weighted by Gasteiger charge is 2.33. The summed E-state index contributed by atoms with van der Waals surface area (Å²) in [5, 5.41) is 0. The van der Waals surface area contributed by atoms with E-state index in [1.165, 1.54) is 56.1 Å². The molecule has 0 aliphatic heterocycles. The zero-order chi connectivity index (χ0) is 23.6. The molecule has 1 aliphatic carbocycles. The molecule has 0 aromatic heterocycles. The Labute approximate surface area is 202 Å². The second kappa shape index (κ2) is 13.0. The Kier molecular flexibility index (Phi) is 10.0. The fourth-order valence-corrected chi connectivity index (χ4v) is 5.23. The molecule has 1 saturated carbocycles. The molecular weight excluding hydrogens is 404 g/mol. The van der Waals surface area contributed by atoms with Crippen LogP contribution >= 0.6 is 0 Å². The fraction of sp³-hybridized carbons (Fsp3) is 0.581. The van der Waals surface area contributed by atoms with Crippen molar-refractivity contribution in [3.8, 4) is 11.1 Å². The van der Waals surface area contributed by atoms with Crippen molar-refractivity contribution in [3.05, 3.63) is 59.7 Å². The molecule has 180 valence electrons. The molecule has 33 heavy (non-hydrogen) atoms. The maximum absolute atomic E-state index is 12.8. The molecule has 0 unspecified atom stereocenters. The van der Waals surface area contributed by atoms with Crippen molar-refractivity contribution in [3.63, 3.8) is 0 Å². The van der Waals surface area contributed by atoms with Gasteiger partial charge in [-0.05, 0) is 72.3 Å². The summed E-state index contributed by atoms with van der Waals surface area (Å²) in [6.45, 7) is 9.02. The SMILES string of the molecule is CCCCCCCCc1ccc(-c2ccc(C(=O)O[C@H]3C[C@@H](C)CC[C@@H]3C(C)C)cc2)cc1. The summed E-state index contributed by atoms with van der Waals surface area (Å²) in [7, 11) is 0. The predicted molar refractivity (Wildman–Crippen MR) is 140 cm³/mol. The Morgan fingerprint density at radius 3 is 2.12 bits per heavy atom. The number of hydrogen-bond donors (Lipinski definition) is 0. The van der Waals surface area contributed by atoms with Crippen LogP contribution in [0.15, 0.2) is 48.5 Å². The molecule has 0 radical (unpaired) electrons. The van der Waals surface area contributed by atoms with Crippen LogP contribution in [0.1, 0.15) is 101 Å². The van der Waals surface area contributed by atoms with Crippen molar-refractivity contribution in [2.24, 2.45) is 17.8 Å². The second-order valence-electron chi connectivity index (χ2n) is 10.6. The topological polar surface area (TPSA) is 26.3 Å². The fourth-order valence-electron chi connectivity index (χ4n) is 5.23. The Morgan fingerprint density at radius 2 is 1.48 bits per heavy atom. The molecule has 0 amide bonds. The maximum Gasteiger partial charge on any atom is 0.338 e. The van der Waals surface area contributed by atoms with Crippen molar-refractivity contribution >= 4 is 5.97 Å². The molecule has 3 atom stereocenters. The maximum atomic E-state index is 12.8.